The molecule has 3 aromatic carbocycles. The maximum atomic E-state index is 13.6. The molecular weight excluding hydrogens is 396 g/mol. The molecule has 2 heterocycles. The van der Waals surface area contributed by atoms with Gasteiger partial charge in [-0.2, -0.15) is 0 Å². The van der Waals surface area contributed by atoms with Gasteiger partial charge in [-0.3, -0.25) is 9.36 Å². The van der Waals surface area contributed by atoms with Crippen LogP contribution < -0.4 is 5.56 Å². The Labute approximate surface area is 177 Å². The van der Waals surface area contributed by atoms with Crippen LogP contribution in [0.15, 0.2) is 89.9 Å². The van der Waals surface area contributed by atoms with Crippen LogP contribution in [0.3, 0.4) is 0 Å². The molecule has 0 aliphatic rings. The van der Waals surface area contributed by atoms with Crippen LogP contribution in [0.25, 0.3) is 33.8 Å². The number of fused-ring (bicyclic) bond motifs is 1. The van der Waals surface area contributed by atoms with E-state index < -0.39 is 0 Å². The van der Waals surface area contributed by atoms with E-state index >= 15 is 0 Å². The molecule has 0 atom stereocenters. The molecule has 0 fully saturated rings. The van der Waals surface area contributed by atoms with Crippen molar-refractivity contribution in [1.82, 2.24) is 19.3 Å². The van der Waals surface area contributed by atoms with Gasteiger partial charge >= 0.3 is 0 Å². The second-order valence-corrected chi connectivity index (χ2v) is 7.50. The van der Waals surface area contributed by atoms with Crippen molar-refractivity contribution >= 4 is 22.6 Å². The van der Waals surface area contributed by atoms with E-state index in [4.69, 9.17) is 16.6 Å². The molecule has 0 aliphatic heterocycles. The summed E-state index contributed by atoms with van der Waals surface area (Å²) < 4.78 is 3.27. The first-order chi connectivity index (χ1) is 14.6. The third-order valence-electron chi connectivity index (χ3n) is 4.95. The van der Waals surface area contributed by atoms with Crippen molar-refractivity contribution in [1.29, 1.82) is 0 Å². The van der Waals surface area contributed by atoms with E-state index in [1.54, 1.807) is 27.6 Å². The zero-order chi connectivity index (χ0) is 20.7. The van der Waals surface area contributed by atoms with Gasteiger partial charge in [0.25, 0.3) is 5.56 Å². The first-order valence-electron chi connectivity index (χ1n) is 9.51. The van der Waals surface area contributed by atoms with Gasteiger partial charge in [0.15, 0.2) is 5.65 Å². The predicted octanol–water partition coefficient (Wildman–Crippen LogP) is 5.20. The van der Waals surface area contributed by atoms with Crippen LogP contribution in [0.5, 0.6) is 0 Å². The molecule has 146 valence electrons. The van der Waals surface area contributed by atoms with Gasteiger partial charge in [-0.1, -0.05) is 65.7 Å². The molecule has 0 saturated heterocycles. The Kier molecular flexibility index (Phi) is 4.45. The minimum absolute atomic E-state index is 0.194. The number of benzene rings is 3. The van der Waals surface area contributed by atoms with Gasteiger partial charge in [0.1, 0.15) is 11.2 Å². The molecule has 0 saturated carbocycles. The van der Waals surface area contributed by atoms with Crippen LogP contribution in [0.2, 0.25) is 5.02 Å². The number of halogens is 1. The Morgan fingerprint density at radius 1 is 0.867 bits per heavy atom. The summed E-state index contributed by atoms with van der Waals surface area (Å²) in [6, 6.07) is 24.8. The number of hydrogen-bond acceptors (Lipinski definition) is 3. The highest BCUT2D eigenvalue weighted by atomic mass is 35.5. The summed E-state index contributed by atoms with van der Waals surface area (Å²) in [5.41, 5.74) is 3.68. The van der Waals surface area contributed by atoms with Gasteiger partial charge in [0, 0.05) is 16.8 Å². The first kappa shape index (κ1) is 18.3. The normalized spacial score (nSPS) is 11.1. The van der Waals surface area contributed by atoms with Crippen LogP contribution in [0, 0.1) is 6.92 Å². The second kappa shape index (κ2) is 7.28. The molecule has 0 N–H and O–H groups in total. The minimum atomic E-state index is -0.194. The van der Waals surface area contributed by atoms with E-state index in [0.29, 0.717) is 27.6 Å². The van der Waals surface area contributed by atoms with Crippen molar-refractivity contribution in [3.63, 3.8) is 0 Å². The van der Waals surface area contributed by atoms with Gasteiger partial charge in [0.2, 0.25) is 0 Å². The fraction of sp³-hybridized carbons (Fsp3) is 0.0417. The largest absolute Gasteiger partial charge is 0.269 e. The summed E-state index contributed by atoms with van der Waals surface area (Å²) in [6.07, 6.45) is 1.72. The minimum Gasteiger partial charge on any atom is -0.268 e. The number of aromatic nitrogens is 4. The lowest BCUT2D eigenvalue weighted by atomic mass is 10.1. The highest BCUT2D eigenvalue weighted by Gasteiger charge is 2.17. The van der Waals surface area contributed by atoms with Crippen molar-refractivity contribution in [3.05, 3.63) is 106 Å². The summed E-state index contributed by atoms with van der Waals surface area (Å²) in [5.74, 6) is 0.521. The van der Waals surface area contributed by atoms with Crippen LogP contribution >= 0.6 is 11.6 Å². The van der Waals surface area contributed by atoms with Crippen LogP contribution in [-0.4, -0.2) is 19.3 Å². The zero-order valence-electron chi connectivity index (χ0n) is 16.2. The summed E-state index contributed by atoms with van der Waals surface area (Å²) in [5, 5.41) is 5.56. The smallest absolute Gasteiger partial charge is 0.268 e. The van der Waals surface area contributed by atoms with Crippen LogP contribution in [-0.2, 0) is 0 Å². The zero-order valence-corrected chi connectivity index (χ0v) is 16.9. The monoisotopic (exact) mass is 412 g/mol. The number of aryl methyl sites for hydroxylation is 1. The lowest BCUT2D eigenvalue weighted by Gasteiger charge is -2.12. The Bertz CT molecular complexity index is 1420. The molecule has 5 nitrogen and oxygen atoms in total. The number of hydrogen-bond donors (Lipinski definition) is 0. The summed E-state index contributed by atoms with van der Waals surface area (Å²) in [4.78, 5) is 18.3. The third-order valence-corrected chi connectivity index (χ3v) is 5.18. The predicted molar refractivity (Wildman–Crippen MR) is 120 cm³/mol. The van der Waals surface area contributed by atoms with Gasteiger partial charge in [-0.05, 0) is 37.3 Å². The highest BCUT2D eigenvalue weighted by molar-refractivity contribution is 6.30. The molecule has 5 rings (SSSR count). The van der Waals surface area contributed by atoms with Crippen molar-refractivity contribution < 1.29 is 0 Å². The quantitative estimate of drug-likeness (QED) is 0.409. The van der Waals surface area contributed by atoms with Crippen molar-refractivity contribution in [2.75, 3.05) is 0 Å². The lowest BCUT2D eigenvalue weighted by Crippen LogP contribution is -2.21. The van der Waals surface area contributed by atoms with E-state index in [0.717, 1.165) is 16.8 Å². The van der Waals surface area contributed by atoms with Gasteiger partial charge in [-0.15, -0.1) is 5.10 Å². The second-order valence-electron chi connectivity index (χ2n) is 7.07. The lowest BCUT2D eigenvalue weighted by molar-refractivity contribution is 0.888. The first-order valence-corrected chi connectivity index (χ1v) is 9.89. The Hall–Kier alpha value is -3.70. The molecule has 6 heteroatoms. The van der Waals surface area contributed by atoms with Crippen molar-refractivity contribution in [3.8, 4) is 22.8 Å². The summed E-state index contributed by atoms with van der Waals surface area (Å²) in [6.45, 7) is 2.02. The molecule has 0 bridgehead atoms. The highest BCUT2D eigenvalue weighted by Crippen LogP contribution is 2.24. The number of nitrogens with zero attached hydrogens (tertiary/aromatic N) is 4. The van der Waals surface area contributed by atoms with E-state index in [1.807, 2.05) is 73.7 Å². The average molecular weight is 413 g/mol. The fourth-order valence-corrected chi connectivity index (χ4v) is 3.61. The standard InChI is InChI=1S/C24H17ClN4O/c1-16-10-12-17(13-11-16)23-26-22-21(15-28(27-22)19-7-3-2-4-8-19)24(30)29(23)20-9-5-6-18(25)14-20/h2-15H,1H3. The van der Waals surface area contributed by atoms with Crippen molar-refractivity contribution in [2.24, 2.45) is 0 Å². The van der Waals surface area contributed by atoms with Gasteiger partial charge in [0.05, 0.1) is 11.4 Å². The fourth-order valence-electron chi connectivity index (χ4n) is 3.43. The number of para-hydroxylation sites is 1. The maximum absolute atomic E-state index is 13.6. The molecule has 0 spiro atoms. The molecular formula is C24H17ClN4O. The van der Waals surface area contributed by atoms with Gasteiger partial charge in [-0.25, -0.2) is 9.67 Å². The van der Waals surface area contributed by atoms with E-state index in [9.17, 15) is 4.79 Å². The summed E-state index contributed by atoms with van der Waals surface area (Å²) in [7, 11) is 0. The van der Waals surface area contributed by atoms with Crippen LogP contribution in [0.4, 0.5) is 0 Å². The third kappa shape index (κ3) is 3.19. The van der Waals surface area contributed by atoms with Crippen molar-refractivity contribution in [2.45, 2.75) is 6.92 Å². The molecule has 0 unspecified atom stereocenters. The Balaban J connectivity index is 1.82. The van der Waals surface area contributed by atoms with E-state index in [-0.39, 0.29) is 5.56 Å². The maximum Gasteiger partial charge on any atom is 0.269 e. The topological polar surface area (TPSA) is 52.7 Å². The van der Waals surface area contributed by atoms with E-state index in [1.165, 1.54) is 0 Å². The molecule has 0 amide bonds. The molecule has 30 heavy (non-hydrogen) atoms. The Morgan fingerprint density at radius 2 is 1.60 bits per heavy atom. The molecule has 2 aromatic heterocycles. The number of rotatable bonds is 3. The molecule has 0 radical (unpaired) electrons. The SMILES string of the molecule is Cc1ccc(-c2nc3nn(-c4ccccc4)cc3c(=O)n2-c2cccc(Cl)c2)cc1. The molecule has 5 aromatic rings. The Morgan fingerprint density at radius 3 is 2.33 bits per heavy atom. The summed E-state index contributed by atoms with van der Waals surface area (Å²) >= 11 is 6.22. The average Bonchev–Trinajstić information content (AvgIpc) is 3.20. The molecule has 0 aliphatic carbocycles. The van der Waals surface area contributed by atoms with E-state index in [2.05, 4.69) is 5.10 Å². The van der Waals surface area contributed by atoms with Gasteiger partial charge < -0.3 is 0 Å². The van der Waals surface area contributed by atoms with Crippen LogP contribution in [0.1, 0.15) is 5.56 Å².